The molecule has 18 heavy (non-hydrogen) atoms. The first-order valence-electron chi connectivity index (χ1n) is 5.88. The first-order valence-corrected chi connectivity index (χ1v) is 5.88. The Bertz CT molecular complexity index is 270. The van der Waals surface area contributed by atoms with Crippen molar-refractivity contribution < 1.29 is 19.1 Å². The van der Waals surface area contributed by atoms with Gasteiger partial charge in [0.1, 0.15) is 0 Å². The van der Waals surface area contributed by atoms with Crippen LogP contribution in [-0.2, 0) is 19.1 Å². The molecule has 0 aliphatic carbocycles. The number of rotatable bonds is 10. The summed E-state index contributed by atoms with van der Waals surface area (Å²) in [7, 11) is 1.33. The van der Waals surface area contributed by atoms with E-state index in [0.717, 1.165) is 0 Å². The minimum atomic E-state index is -0.307. The molecule has 0 radical (unpaired) electrons. The van der Waals surface area contributed by atoms with Crippen LogP contribution in [0.5, 0.6) is 0 Å². The van der Waals surface area contributed by atoms with Crippen LogP contribution in [0, 0.1) is 4.91 Å². The Labute approximate surface area is 106 Å². The summed E-state index contributed by atoms with van der Waals surface area (Å²) in [4.78, 5) is 31.8. The second-order valence-corrected chi connectivity index (χ2v) is 3.76. The van der Waals surface area contributed by atoms with E-state index in [2.05, 4.69) is 10.0 Å². The number of methoxy groups -OCH3 is 1. The first-order chi connectivity index (χ1) is 8.60. The highest BCUT2D eigenvalue weighted by atomic mass is 16.5. The highest BCUT2D eigenvalue weighted by molar-refractivity contribution is 5.69. The van der Waals surface area contributed by atoms with Gasteiger partial charge in [0.2, 0.25) is 0 Å². The maximum Gasteiger partial charge on any atom is 0.305 e. The maximum absolute atomic E-state index is 10.8. The maximum atomic E-state index is 10.8. The molecule has 0 atom stereocenters. The fourth-order valence-electron chi connectivity index (χ4n) is 1.31. The molecule has 0 N–H and O–H groups in total. The van der Waals surface area contributed by atoms with E-state index in [4.69, 9.17) is 4.74 Å². The Balaban J connectivity index is 3.55. The first kappa shape index (κ1) is 16.3. The number of carbonyl (C=O) groups is 2. The molecule has 7 heteroatoms. The molecule has 0 rings (SSSR count). The van der Waals surface area contributed by atoms with Gasteiger partial charge in [0.15, 0.2) is 0 Å². The van der Waals surface area contributed by atoms with Crippen molar-refractivity contribution in [3.63, 3.8) is 0 Å². The monoisotopic (exact) mass is 260 g/mol. The molecule has 0 saturated carbocycles. The third kappa shape index (κ3) is 9.56. The number of nitrogens with zero attached hydrogens (tertiary/aromatic N) is 2. The summed E-state index contributed by atoms with van der Waals surface area (Å²) >= 11 is 0. The third-order valence-corrected chi connectivity index (χ3v) is 2.26. The fraction of sp³-hybridized carbons (Fsp3) is 0.818. The molecule has 0 amide bonds. The molecular formula is C11H20N2O5. The van der Waals surface area contributed by atoms with Crippen LogP contribution in [0.3, 0.4) is 0 Å². The summed E-state index contributed by atoms with van der Waals surface area (Å²) in [6.07, 6.45) is 2.19. The van der Waals surface area contributed by atoms with Gasteiger partial charge < -0.3 is 9.47 Å². The predicted octanol–water partition coefficient (Wildman–Crippen LogP) is 1.27. The van der Waals surface area contributed by atoms with Gasteiger partial charge in [0, 0.05) is 26.4 Å². The van der Waals surface area contributed by atoms with Crippen LogP contribution in [0.25, 0.3) is 0 Å². The van der Waals surface area contributed by atoms with E-state index in [1.54, 1.807) is 0 Å². The largest absolute Gasteiger partial charge is 0.469 e. The molecule has 0 bridgehead atoms. The molecule has 0 aromatic heterocycles. The highest BCUT2D eigenvalue weighted by Gasteiger charge is 2.05. The van der Waals surface area contributed by atoms with Crippen LogP contribution in [-0.4, -0.2) is 43.8 Å². The third-order valence-electron chi connectivity index (χ3n) is 2.26. The Hall–Kier alpha value is -1.66. The van der Waals surface area contributed by atoms with Gasteiger partial charge in [-0.05, 0) is 19.3 Å². The summed E-state index contributed by atoms with van der Waals surface area (Å²) < 4.78 is 9.24. The van der Waals surface area contributed by atoms with Gasteiger partial charge in [-0.3, -0.25) is 14.6 Å². The van der Waals surface area contributed by atoms with Crippen LogP contribution in [0.1, 0.15) is 32.6 Å². The summed E-state index contributed by atoms with van der Waals surface area (Å²) in [6.45, 7) is 2.62. The van der Waals surface area contributed by atoms with E-state index in [0.29, 0.717) is 39.0 Å². The molecule has 0 spiro atoms. The van der Waals surface area contributed by atoms with Crippen molar-refractivity contribution >= 4 is 11.9 Å². The molecule has 0 aromatic carbocycles. The molecule has 0 fully saturated rings. The summed E-state index contributed by atoms with van der Waals surface area (Å²) in [5.74, 6) is -0.603. The molecule has 104 valence electrons. The van der Waals surface area contributed by atoms with Crippen LogP contribution in [0.2, 0.25) is 0 Å². The fourth-order valence-corrected chi connectivity index (χ4v) is 1.31. The van der Waals surface area contributed by atoms with Crippen molar-refractivity contribution in [3.8, 4) is 0 Å². The van der Waals surface area contributed by atoms with Crippen molar-refractivity contribution in [2.24, 2.45) is 5.29 Å². The van der Waals surface area contributed by atoms with Crippen LogP contribution < -0.4 is 0 Å². The number of hydrogen-bond donors (Lipinski definition) is 0. The zero-order chi connectivity index (χ0) is 13.8. The number of carbonyl (C=O) groups excluding carboxylic acids is 2. The molecule has 0 saturated heterocycles. The molecule has 7 nitrogen and oxygen atoms in total. The van der Waals surface area contributed by atoms with E-state index < -0.39 is 0 Å². The SMILES string of the molecule is COC(=O)CCCN(CCCCOC(C)=O)N=O. The zero-order valence-electron chi connectivity index (χ0n) is 10.9. The lowest BCUT2D eigenvalue weighted by Gasteiger charge is -2.14. The normalized spacial score (nSPS) is 9.67. The number of hydrogen-bond acceptors (Lipinski definition) is 6. The van der Waals surface area contributed by atoms with Crippen molar-refractivity contribution in [1.29, 1.82) is 0 Å². The van der Waals surface area contributed by atoms with Gasteiger partial charge in [-0.25, -0.2) is 0 Å². The summed E-state index contributed by atoms with van der Waals surface area (Å²) in [6, 6.07) is 0. The molecule has 0 aromatic rings. The smallest absolute Gasteiger partial charge is 0.305 e. The van der Waals surface area contributed by atoms with E-state index in [9.17, 15) is 14.5 Å². The van der Waals surface area contributed by atoms with Gasteiger partial charge in [-0.1, -0.05) is 0 Å². The van der Waals surface area contributed by atoms with Gasteiger partial charge in [0.05, 0.1) is 19.0 Å². The number of unbranched alkanes of at least 4 members (excludes halogenated alkanes) is 1. The standard InChI is InChI=1S/C11H20N2O5/c1-10(14)18-9-4-3-7-13(12-16)8-5-6-11(15)17-2/h3-9H2,1-2H3. The van der Waals surface area contributed by atoms with Crippen LogP contribution >= 0.6 is 0 Å². The van der Waals surface area contributed by atoms with Crippen molar-refractivity contribution in [2.45, 2.75) is 32.6 Å². The topological polar surface area (TPSA) is 85.3 Å². The summed E-state index contributed by atoms with van der Waals surface area (Å²) in [5, 5.41) is 4.22. The predicted molar refractivity (Wildman–Crippen MR) is 64.5 cm³/mol. The van der Waals surface area contributed by atoms with Gasteiger partial charge in [0.25, 0.3) is 0 Å². The lowest BCUT2D eigenvalue weighted by molar-refractivity contribution is -0.141. The average Bonchev–Trinajstić information content (AvgIpc) is 2.35. The van der Waals surface area contributed by atoms with Crippen LogP contribution in [0.4, 0.5) is 0 Å². The number of esters is 2. The molecule has 0 unspecified atom stereocenters. The van der Waals surface area contributed by atoms with Crippen molar-refractivity contribution in [1.82, 2.24) is 5.01 Å². The van der Waals surface area contributed by atoms with Crippen LogP contribution in [0.15, 0.2) is 5.29 Å². The highest BCUT2D eigenvalue weighted by Crippen LogP contribution is 2.01. The molecule has 0 heterocycles. The van der Waals surface area contributed by atoms with Crippen molar-refractivity contribution in [2.75, 3.05) is 26.8 Å². The Morgan fingerprint density at radius 1 is 1.17 bits per heavy atom. The van der Waals surface area contributed by atoms with Gasteiger partial charge in [-0.15, -0.1) is 4.91 Å². The van der Waals surface area contributed by atoms with E-state index in [1.165, 1.54) is 19.0 Å². The average molecular weight is 260 g/mol. The Morgan fingerprint density at radius 2 is 1.83 bits per heavy atom. The lowest BCUT2D eigenvalue weighted by Crippen LogP contribution is -2.20. The van der Waals surface area contributed by atoms with Crippen molar-refractivity contribution in [3.05, 3.63) is 4.91 Å². The Kier molecular flexibility index (Phi) is 9.52. The minimum absolute atomic E-state index is 0.274. The lowest BCUT2D eigenvalue weighted by atomic mass is 10.3. The number of nitroso groups, excluding NO2 is 1. The molecular weight excluding hydrogens is 240 g/mol. The van der Waals surface area contributed by atoms with Gasteiger partial charge >= 0.3 is 11.9 Å². The van der Waals surface area contributed by atoms with E-state index in [-0.39, 0.29) is 18.4 Å². The molecule has 0 aliphatic heterocycles. The zero-order valence-corrected chi connectivity index (χ0v) is 10.9. The van der Waals surface area contributed by atoms with E-state index >= 15 is 0 Å². The quantitative estimate of drug-likeness (QED) is 0.254. The molecule has 0 aliphatic rings. The Morgan fingerprint density at radius 3 is 2.39 bits per heavy atom. The van der Waals surface area contributed by atoms with E-state index in [1.807, 2.05) is 0 Å². The summed E-state index contributed by atoms with van der Waals surface area (Å²) in [5.41, 5.74) is 0. The second-order valence-electron chi connectivity index (χ2n) is 3.76. The second kappa shape index (κ2) is 10.5. The minimum Gasteiger partial charge on any atom is -0.469 e. The van der Waals surface area contributed by atoms with Gasteiger partial charge in [-0.2, -0.15) is 0 Å². The number of ether oxygens (including phenoxy) is 2.